The highest BCUT2D eigenvalue weighted by molar-refractivity contribution is 7.92. The summed E-state index contributed by atoms with van der Waals surface area (Å²) in [5.41, 5.74) is 0. The maximum atomic E-state index is 12.6. The Morgan fingerprint density at radius 2 is 2.00 bits per heavy atom. The molecule has 2 unspecified atom stereocenters. The van der Waals surface area contributed by atoms with Gasteiger partial charge in [-0.15, -0.1) is 5.92 Å². The number of hydrogen-bond acceptors (Lipinski definition) is 4. The summed E-state index contributed by atoms with van der Waals surface area (Å²) in [6.45, 7) is 2.06. The summed E-state index contributed by atoms with van der Waals surface area (Å²) in [6.07, 6.45) is 3.29. The zero-order valence-corrected chi connectivity index (χ0v) is 13.8. The smallest absolute Gasteiger partial charge is 0.181 e. The predicted octanol–water partition coefficient (Wildman–Crippen LogP) is 3.10. The van der Waals surface area contributed by atoms with Crippen molar-refractivity contribution in [3.05, 3.63) is 24.3 Å². The van der Waals surface area contributed by atoms with Gasteiger partial charge in [0.05, 0.1) is 10.1 Å². The summed E-state index contributed by atoms with van der Waals surface area (Å²) in [5, 5.41) is -0.125. The molecule has 0 saturated heterocycles. The molecule has 0 bridgehead atoms. The van der Waals surface area contributed by atoms with E-state index in [9.17, 15) is 8.42 Å². The average molecular weight is 324 g/mol. The second-order valence-electron chi connectivity index (χ2n) is 5.17. The lowest BCUT2D eigenvalue weighted by molar-refractivity contribution is 0.370. The van der Waals surface area contributed by atoms with Crippen LogP contribution in [0.3, 0.4) is 0 Å². The molecule has 1 aromatic carbocycles. The topological polar surface area (TPSA) is 43.4 Å². The number of rotatable bonds is 4. The maximum absolute atomic E-state index is 12.6. The lowest BCUT2D eigenvalue weighted by atomic mass is 10.00. The van der Waals surface area contributed by atoms with E-state index >= 15 is 0 Å². The van der Waals surface area contributed by atoms with Crippen LogP contribution in [0.25, 0.3) is 0 Å². The highest BCUT2D eigenvalue weighted by atomic mass is 32.2. The third kappa shape index (κ3) is 4.18. The van der Waals surface area contributed by atoms with Gasteiger partial charge in [0, 0.05) is 5.25 Å². The van der Waals surface area contributed by atoms with Crippen LogP contribution in [-0.4, -0.2) is 25.5 Å². The summed E-state index contributed by atoms with van der Waals surface area (Å²) in [6, 6.07) is 6.61. The predicted molar refractivity (Wildman–Crippen MR) is 87.6 cm³/mol. The Balaban J connectivity index is 2.10. The molecule has 0 aromatic heterocycles. The summed E-state index contributed by atoms with van der Waals surface area (Å²) in [7, 11) is -3.27. The standard InChI is InChI=1S/C16H20O3S2/c1-2-3-11-19-13-7-9-15(10-8-13)21(17,18)16-6-4-5-14(20)12-16/h7-10,14,16,20H,4-6,11-12H2,1H3. The molecule has 2 atom stereocenters. The van der Waals surface area contributed by atoms with Crippen LogP contribution < -0.4 is 4.74 Å². The first-order chi connectivity index (χ1) is 10.0. The Hall–Kier alpha value is -1.12. The van der Waals surface area contributed by atoms with Crippen molar-refractivity contribution >= 4 is 22.5 Å². The molecule has 0 N–H and O–H groups in total. The highest BCUT2D eigenvalue weighted by Gasteiger charge is 2.31. The molecule has 0 amide bonds. The van der Waals surface area contributed by atoms with Crippen molar-refractivity contribution in [3.63, 3.8) is 0 Å². The number of thiol groups is 1. The molecule has 5 heteroatoms. The van der Waals surface area contributed by atoms with Gasteiger partial charge in [-0.25, -0.2) is 8.42 Å². The van der Waals surface area contributed by atoms with Crippen LogP contribution in [0.2, 0.25) is 0 Å². The van der Waals surface area contributed by atoms with Crippen molar-refractivity contribution < 1.29 is 13.2 Å². The van der Waals surface area contributed by atoms with Gasteiger partial charge < -0.3 is 4.74 Å². The Morgan fingerprint density at radius 1 is 1.29 bits per heavy atom. The van der Waals surface area contributed by atoms with E-state index in [1.807, 2.05) is 0 Å². The van der Waals surface area contributed by atoms with Crippen molar-refractivity contribution in [2.45, 2.75) is 48.0 Å². The summed E-state index contributed by atoms with van der Waals surface area (Å²) in [5.74, 6) is 6.17. The zero-order valence-electron chi connectivity index (χ0n) is 12.1. The van der Waals surface area contributed by atoms with Gasteiger partial charge in [-0.2, -0.15) is 12.6 Å². The Morgan fingerprint density at radius 3 is 2.62 bits per heavy atom. The van der Waals surface area contributed by atoms with E-state index in [0.29, 0.717) is 23.7 Å². The number of benzene rings is 1. The zero-order chi connectivity index (χ0) is 15.3. The van der Waals surface area contributed by atoms with Crippen molar-refractivity contribution in [2.24, 2.45) is 0 Å². The van der Waals surface area contributed by atoms with Gasteiger partial charge in [-0.3, -0.25) is 0 Å². The minimum Gasteiger partial charge on any atom is -0.481 e. The number of sulfone groups is 1. The molecule has 1 fully saturated rings. The van der Waals surface area contributed by atoms with Crippen LogP contribution in [0.5, 0.6) is 5.75 Å². The maximum Gasteiger partial charge on any atom is 0.181 e. The van der Waals surface area contributed by atoms with E-state index < -0.39 is 9.84 Å². The molecule has 1 aromatic rings. The molecule has 0 spiro atoms. The van der Waals surface area contributed by atoms with Crippen LogP contribution in [-0.2, 0) is 9.84 Å². The van der Waals surface area contributed by atoms with Crippen LogP contribution in [0, 0.1) is 11.8 Å². The first kappa shape index (κ1) is 16.3. The molecule has 0 aliphatic heterocycles. The highest BCUT2D eigenvalue weighted by Crippen LogP contribution is 2.31. The van der Waals surface area contributed by atoms with E-state index in [4.69, 9.17) is 4.74 Å². The fourth-order valence-electron chi connectivity index (χ4n) is 2.51. The fourth-order valence-corrected chi connectivity index (χ4v) is 4.95. The Labute approximate surface area is 132 Å². The van der Waals surface area contributed by atoms with E-state index in [2.05, 4.69) is 24.5 Å². The van der Waals surface area contributed by atoms with Crippen molar-refractivity contribution in [1.29, 1.82) is 0 Å². The second kappa shape index (κ2) is 7.24. The largest absolute Gasteiger partial charge is 0.481 e. The van der Waals surface area contributed by atoms with E-state index in [1.54, 1.807) is 31.2 Å². The molecule has 0 heterocycles. The molecule has 114 valence electrons. The fraction of sp³-hybridized carbons (Fsp3) is 0.500. The van der Waals surface area contributed by atoms with Crippen molar-refractivity contribution in [3.8, 4) is 17.6 Å². The molecule has 1 saturated carbocycles. The molecule has 0 radical (unpaired) electrons. The summed E-state index contributed by atoms with van der Waals surface area (Å²) < 4.78 is 30.6. The van der Waals surface area contributed by atoms with Gasteiger partial charge in [-0.1, -0.05) is 12.3 Å². The lowest BCUT2D eigenvalue weighted by Gasteiger charge is -2.26. The molecular formula is C16H20O3S2. The van der Waals surface area contributed by atoms with E-state index in [1.165, 1.54) is 0 Å². The third-order valence-electron chi connectivity index (χ3n) is 3.68. The molecule has 1 aliphatic rings. The average Bonchev–Trinajstić information content (AvgIpc) is 2.48. The lowest BCUT2D eigenvalue weighted by Crippen LogP contribution is -2.28. The quantitative estimate of drug-likeness (QED) is 0.684. The number of ether oxygens (including phenoxy) is 1. The van der Waals surface area contributed by atoms with Crippen molar-refractivity contribution in [2.75, 3.05) is 6.61 Å². The molecule has 3 nitrogen and oxygen atoms in total. The minimum atomic E-state index is -3.27. The molecular weight excluding hydrogens is 304 g/mol. The molecule has 21 heavy (non-hydrogen) atoms. The molecule has 1 aliphatic carbocycles. The first-order valence-electron chi connectivity index (χ1n) is 7.08. The van der Waals surface area contributed by atoms with Gasteiger partial charge in [0.25, 0.3) is 0 Å². The van der Waals surface area contributed by atoms with Crippen LogP contribution in [0.4, 0.5) is 0 Å². The van der Waals surface area contributed by atoms with E-state index in [-0.39, 0.29) is 10.5 Å². The SMILES string of the molecule is CC#CCOc1ccc(S(=O)(=O)C2CCCC(S)C2)cc1. The normalized spacial score (nSPS) is 22.2. The second-order valence-corrected chi connectivity index (χ2v) is 8.13. The third-order valence-corrected chi connectivity index (χ3v) is 6.38. The van der Waals surface area contributed by atoms with Gasteiger partial charge in [0.1, 0.15) is 12.4 Å². The van der Waals surface area contributed by atoms with Gasteiger partial charge >= 0.3 is 0 Å². The van der Waals surface area contributed by atoms with Crippen molar-refractivity contribution in [1.82, 2.24) is 0 Å². The van der Waals surface area contributed by atoms with Gasteiger partial charge in [-0.05, 0) is 50.5 Å². The number of hydrogen-bond donors (Lipinski definition) is 1. The summed E-state index contributed by atoms with van der Waals surface area (Å²) >= 11 is 4.43. The van der Waals surface area contributed by atoms with Crippen LogP contribution in [0.15, 0.2) is 29.2 Å². The Kier molecular flexibility index (Phi) is 5.60. The molecule has 2 rings (SSSR count). The monoisotopic (exact) mass is 324 g/mol. The first-order valence-corrected chi connectivity index (χ1v) is 9.14. The van der Waals surface area contributed by atoms with Gasteiger partial charge in [0.2, 0.25) is 0 Å². The van der Waals surface area contributed by atoms with E-state index in [0.717, 1.165) is 19.3 Å². The van der Waals surface area contributed by atoms with Gasteiger partial charge in [0.15, 0.2) is 9.84 Å². The Bertz CT molecular complexity index is 624. The van der Waals surface area contributed by atoms with Crippen LogP contribution in [0.1, 0.15) is 32.6 Å². The minimum absolute atomic E-state index is 0.189. The summed E-state index contributed by atoms with van der Waals surface area (Å²) in [4.78, 5) is 0.365. The van der Waals surface area contributed by atoms with Crippen LogP contribution >= 0.6 is 12.6 Å².